The third-order valence-electron chi connectivity index (χ3n) is 4.58. The first-order valence-electron chi connectivity index (χ1n) is 9.62. The standard InChI is InChI=1S/C23H25NO6/c1-14-5-6-15(2)18(11-14)24-23(26)16(3)30-21(25)8-7-17-12-19(27-4)22-20(13-17)28-9-10-29-22/h5-8,11-13,16H,9-10H2,1-4H3,(H,24,26)/b8-7+/t16-/m1/s1. The average molecular weight is 411 g/mol. The van der Waals surface area contributed by atoms with Gasteiger partial charge in [-0.25, -0.2) is 4.79 Å². The summed E-state index contributed by atoms with van der Waals surface area (Å²) in [5.74, 6) is 0.579. The Morgan fingerprint density at radius 3 is 2.67 bits per heavy atom. The van der Waals surface area contributed by atoms with Gasteiger partial charge in [0.1, 0.15) is 13.2 Å². The molecule has 0 unspecified atom stereocenters. The van der Waals surface area contributed by atoms with Crippen LogP contribution in [0.15, 0.2) is 36.4 Å². The molecule has 158 valence electrons. The predicted molar refractivity (Wildman–Crippen MR) is 113 cm³/mol. The molecule has 0 saturated carbocycles. The molecular formula is C23H25NO6. The second-order valence-electron chi connectivity index (χ2n) is 6.97. The van der Waals surface area contributed by atoms with Crippen LogP contribution in [0.25, 0.3) is 6.08 Å². The van der Waals surface area contributed by atoms with Crippen molar-refractivity contribution in [2.24, 2.45) is 0 Å². The van der Waals surface area contributed by atoms with Gasteiger partial charge >= 0.3 is 5.97 Å². The molecule has 2 aromatic rings. The van der Waals surface area contributed by atoms with Crippen LogP contribution < -0.4 is 19.5 Å². The minimum Gasteiger partial charge on any atom is -0.493 e. The zero-order valence-electron chi connectivity index (χ0n) is 17.5. The van der Waals surface area contributed by atoms with Crippen molar-refractivity contribution in [2.45, 2.75) is 26.9 Å². The minimum absolute atomic E-state index is 0.397. The molecule has 7 nitrogen and oxygen atoms in total. The Bertz CT molecular complexity index is 965. The second-order valence-corrected chi connectivity index (χ2v) is 6.97. The first kappa shape index (κ1) is 21.2. The van der Waals surface area contributed by atoms with Gasteiger partial charge in [-0.05, 0) is 61.7 Å². The third-order valence-corrected chi connectivity index (χ3v) is 4.58. The lowest BCUT2D eigenvalue weighted by molar-refractivity contribution is -0.148. The Morgan fingerprint density at radius 1 is 1.13 bits per heavy atom. The summed E-state index contributed by atoms with van der Waals surface area (Å²) < 4.78 is 21.7. The first-order chi connectivity index (χ1) is 14.4. The van der Waals surface area contributed by atoms with Gasteiger partial charge in [0.2, 0.25) is 5.75 Å². The number of hydrogen-bond acceptors (Lipinski definition) is 6. The number of aryl methyl sites for hydroxylation is 2. The van der Waals surface area contributed by atoms with E-state index in [0.29, 0.717) is 41.7 Å². The molecule has 0 bridgehead atoms. The van der Waals surface area contributed by atoms with Gasteiger partial charge < -0.3 is 24.3 Å². The Morgan fingerprint density at radius 2 is 1.90 bits per heavy atom. The summed E-state index contributed by atoms with van der Waals surface area (Å²) in [6.07, 6.45) is 1.88. The Balaban J connectivity index is 1.62. The summed E-state index contributed by atoms with van der Waals surface area (Å²) in [7, 11) is 1.53. The fraction of sp³-hybridized carbons (Fsp3) is 0.304. The zero-order valence-corrected chi connectivity index (χ0v) is 17.5. The summed E-state index contributed by atoms with van der Waals surface area (Å²) >= 11 is 0. The van der Waals surface area contributed by atoms with Crippen LogP contribution in [-0.4, -0.2) is 38.3 Å². The summed E-state index contributed by atoms with van der Waals surface area (Å²) in [5, 5.41) is 2.79. The number of rotatable bonds is 6. The molecule has 0 radical (unpaired) electrons. The van der Waals surface area contributed by atoms with Crippen molar-refractivity contribution < 1.29 is 28.5 Å². The normalized spacial score (nSPS) is 13.6. The molecule has 30 heavy (non-hydrogen) atoms. The highest BCUT2D eigenvalue weighted by Crippen LogP contribution is 2.40. The molecular weight excluding hydrogens is 386 g/mol. The second kappa shape index (κ2) is 9.35. The molecule has 1 heterocycles. The number of hydrogen-bond donors (Lipinski definition) is 1. The largest absolute Gasteiger partial charge is 0.493 e. The predicted octanol–water partition coefficient (Wildman–Crippen LogP) is 3.67. The van der Waals surface area contributed by atoms with Gasteiger partial charge in [-0.3, -0.25) is 4.79 Å². The molecule has 1 atom stereocenters. The van der Waals surface area contributed by atoms with Crippen molar-refractivity contribution >= 4 is 23.6 Å². The maximum Gasteiger partial charge on any atom is 0.331 e. The van der Waals surface area contributed by atoms with E-state index in [4.69, 9.17) is 18.9 Å². The zero-order chi connectivity index (χ0) is 21.7. The van der Waals surface area contributed by atoms with Crippen LogP contribution in [0, 0.1) is 13.8 Å². The fourth-order valence-electron chi connectivity index (χ4n) is 2.93. The van der Waals surface area contributed by atoms with Crippen LogP contribution in [0.1, 0.15) is 23.6 Å². The summed E-state index contributed by atoms with van der Waals surface area (Å²) in [4.78, 5) is 24.5. The van der Waals surface area contributed by atoms with Crippen molar-refractivity contribution in [3.63, 3.8) is 0 Å². The van der Waals surface area contributed by atoms with Crippen molar-refractivity contribution in [1.82, 2.24) is 0 Å². The lowest BCUT2D eigenvalue weighted by Gasteiger charge is -2.20. The van der Waals surface area contributed by atoms with Gasteiger partial charge in [-0.1, -0.05) is 12.1 Å². The maximum atomic E-state index is 12.4. The fourth-order valence-corrected chi connectivity index (χ4v) is 2.93. The van der Waals surface area contributed by atoms with E-state index in [-0.39, 0.29) is 0 Å². The highest BCUT2D eigenvalue weighted by atomic mass is 16.6. The number of ether oxygens (including phenoxy) is 4. The number of carbonyl (C=O) groups is 2. The average Bonchev–Trinajstić information content (AvgIpc) is 2.74. The maximum absolute atomic E-state index is 12.4. The SMILES string of the molecule is COc1cc(/C=C/C(=O)O[C@H](C)C(=O)Nc2cc(C)ccc2C)cc2c1OCCO2. The highest BCUT2D eigenvalue weighted by molar-refractivity contribution is 5.97. The Kier molecular flexibility index (Phi) is 6.61. The van der Waals surface area contributed by atoms with Gasteiger partial charge in [-0.15, -0.1) is 0 Å². The minimum atomic E-state index is -0.947. The smallest absolute Gasteiger partial charge is 0.331 e. The van der Waals surface area contributed by atoms with E-state index in [1.807, 2.05) is 32.0 Å². The van der Waals surface area contributed by atoms with Crippen LogP contribution in [0.5, 0.6) is 17.2 Å². The van der Waals surface area contributed by atoms with Crippen LogP contribution >= 0.6 is 0 Å². The van der Waals surface area contributed by atoms with Gasteiger partial charge in [0.05, 0.1) is 7.11 Å². The topological polar surface area (TPSA) is 83.1 Å². The molecule has 0 fully saturated rings. The number of esters is 1. The number of carbonyl (C=O) groups excluding carboxylic acids is 2. The Hall–Kier alpha value is -3.48. The van der Waals surface area contributed by atoms with Crippen LogP contribution in [-0.2, 0) is 14.3 Å². The van der Waals surface area contributed by atoms with E-state index in [1.54, 1.807) is 18.2 Å². The van der Waals surface area contributed by atoms with Crippen LogP contribution in [0.4, 0.5) is 5.69 Å². The molecule has 0 aromatic heterocycles. The van der Waals surface area contributed by atoms with E-state index in [0.717, 1.165) is 11.1 Å². The molecule has 1 aliphatic rings. The van der Waals surface area contributed by atoms with E-state index >= 15 is 0 Å². The van der Waals surface area contributed by atoms with Crippen molar-refractivity contribution in [2.75, 3.05) is 25.6 Å². The van der Waals surface area contributed by atoms with Crippen molar-refractivity contribution in [3.05, 3.63) is 53.1 Å². The molecule has 1 N–H and O–H groups in total. The summed E-state index contributed by atoms with van der Waals surface area (Å²) in [6.45, 7) is 6.26. The van der Waals surface area contributed by atoms with Crippen LogP contribution in [0.2, 0.25) is 0 Å². The number of fused-ring (bicyclic) bond motifs is 1. The van der Waals surface area contributed by atoms with E-state index in [1.165, 1.54) is 20.1 Å². The van der Waals surface area contributed by atoms with E-state index in [2.05, 4.69) is 5.32 Å². The van der Waals surface area contributed by atoms with Gasteiger partial charge in [0.25, 0.3) is 5.91 Å². The van der Waals surface area contributed by atoms with Gasteiger partial charge in [0, 0.05) is 11.8 Å². The van der Waals surface area contributed by atoms with E-state index < -0.39 is 18.0 Å². The van der Waals surface area contributed by atoms with Crippen molar-refractivity contribution in [3.8, 4) is 17.2 Å². The van der Waals surface area contributed by atoms with Gasteiger partial charge in [0.15, 0.2) is 17.6 Å². The van der Waals surface area contributed by atoms with E-state index in [9.17, 15) is 9.59 Å². The summed E-state index contributed by atoms with van der Waals surface area (Å²) in [5.41, 5.74) is 3.33. The third kappa shape index (κ3) is 5.11. The number of benzene rings is 2. The Labute approximate surface area is 175 Å². The quantitative estimate of drug-likeness (QED) is 0.577. The molecule has 3 rings (SSSR count). The monoisotopic (exact) mass is 411 g/mol. The molecule has 2 aromatic carbocycles. The molecule has 0 saturated heterocycles. The molecule has 1 amide bonds. The lowest BCUT2D eigenvalue weighted by Crippen LogP contribution is -2.29. The first-order valence-corrected chi connectivity index (χ1v) is 9.62. The molecule has 0 spiro atoms. The van der Waals surface area contributed by atoms with Gasteiger partial charge in [-0.2, -0.15) is 0 Å². The highest BCUT2D eigenvalue weighted by Gasteiger charge is 2.19. The number of methoxy groups -OCH3 is 1. The van der Waals surface area contributed by atoms with Crippen molar-refractivity contribution in [1.29, 1.82) is 0 Å². The molecule has 0 aliphatic carbocycles. The number of nitrogens with one attached hydrogen (secondary N) is 1. The number of anilines is 1. The lowest BCUT2D eigenvalue weighted by atomic mass is 10.1. The summed E-state index contributed by atoms with van der Waals surface area (Å²) in [6, 6.07) is 9.24. The number of amides is 1. The van der Waals surface area contributed by atoms with Crippen LogP contribution in [0.3, 0.4) is 0 Å². The molecule has 7 heteroatoms. The molecule has 1 aliphatic heterocycles.